The maximum atomic E-state index is 11.9. The second kappa shape index (κ2) is 7.21. The summed E-state index contributed by atoms with van der Waals surface area (Å²) < 4.78 is 0. The average molecular weight is 285 g/mol. The molecule has 0 aliphatic carbocycles. The summed E-state index contributed by atoms with van der Waals surface area (Å²) in [6.07, 6.45) is 2.91. The van der Waals surface area contributed by atoms with E-state index in [-0.39, 0.29) is 23.9 Å². The molecular formula is C13H17ClN2O3. The van der Waals surface area contributed by atoms with Gasteiger partial charge >= 0.3 is 0 Å². The van der Waals surface area contributed by atoms with E-state index in [9.17, 15) is 14.9 Å². The fourth-order valence-electron chi connectivity index (χ4n) is 2.18. The zero-order chi connectivity index (χ0) is 13.0. The van der Waals surface area contributed by atoms with Crippen LogP contribution in [0.3, 0.4) is 0 Å². The number of benzene rings is 1. The third kappa shape index (κ3) is 4.29. The molecule has 0 radical (unpaired) electrons. The number of nitrogens with zero attached hydrogens (tertiary/aromatic N) is 2. The number of nitro benzene ring substituents is 1. The Labute approximate surface area is 118 Å². The van der Waals surface area contributed by atoms with E-state index in [1.54, 1.807) is 0 Å². The summed E-state index contributed by atoms with van der Waals surface area (Å²) in [5, 5.41) is 10.5. The minimum absolute atomic E-state index is 0. The molecule has 0 aromatic heterocycles. The van der Waals surface area contributed by atoms with Crippen molar-refractivity contribution in [1.82, 2.24) is 4.90 Å². The van der Waals surface area contributed by atoms with Crippen molar-refractivity contribution in [3.8, 4) is 0 Å². The molecule has 1 aromatic carbocycles. The second-order valence-electron chi connectivity index (χ2n) is 4.53. The summed E-state index contributed by atoms with van der Waals surface area (Å²) in [7, 11) is 0. The highest BCUT2D eigenvalue weighted by atomic mass is 35.5. The van der Waals surface area contributed by atoms with Crippen LogP contribution < -0.4 is 0 Å². The van der Waals surface area contributed by atoms with E-state index in [1.165, 1.54) is 37.1 Å². The Hall–Kier alpha value is -1.46. The minimum atomic E-state index is -0.460. The third-order valence-corrected chi connectivity index (χ3v) is 3.25. The van der Waals surface area contributed by atoms with Crippen molar-refractivity contribution < 1.29 is 9.72 Å². The van der Waals surface area contributed by atoms with Crippen molar-refractivity contribution in [2.45, 2.75) is 19.3 Å². The van der Waals surface area contributed by atoms with Gasteiger partial charge < -0.3 is 4.90 Å². The SMILES string of the molecule is Cl.O=C(CCN1CCCC1)c1ccc([N+](=O)[O-])cc1. The summed E-state index contributed by atoms with van der Waals surface area (Å²) in [6, 6.07) is 5.82. The molecule has 6 heteroatoms. The largest absolute Gasteiger partial charge is 0.303 e. The first-order valence-electron chi connectivity index (χ1n) is 6.17. The Morgan fingerprint density at radius 2 is 1.79 bits per heavy atom. The molecule has 0 atom stereocenters. The highest BCUT2D eigenvalue weighted by Crippen LogP contribution is 2.14. The van der Waals surface area contributed by atoms with Gasteiger partial charge in [0.15, 0.2) is 5.78 Å². The van der Waals surface area contributed by atoms with Crippen molar-refractivity contribution in [1.29, 1.82) is 0 Å². The molecule has 1 saturated heterocycles. The van der Waals surface area contributed by atoms with Gasteiger partial charge in [-0.15, -0.1) is 12.4 Å². The molecule has 2 rings (SSSR count). The maximum absolute atomic E-state index is 11.9. The van der Waals surface area contributed by atoms with Crippen LogP contribution in [0, 0.1) is 10.1 Å². The molecule has 19 heavy (non-hydrogen) atoms. The lowest BCUT2D eigenvalue weighted by Crippen LogP contribution is -2.22. The van der Waals surface area contributed by atoms with E-state index in [0.717, 1.165) is 19.6 Å². The Morgan fingerprint density at radius 1 is 1.21 bits per heavy atom. The zero-order valence-electron chi connectivity index (χ0n) is 10.6. The van der Waals surface area contributed by atoms with Gasteiger partial charge in [0.25, 0.3) is 5.69 Å². The van der Waals surface area contributed by atoms with Crippen LogP contribution in [0.4, 0.5) is 5.69 Å². The minimum Gasteiger partial charge on any atom is -0.303 e. The number of carbonyl (C=O) groups excluding carboxylic acids is 1. The van der Waals surface area contributed by atoms with Gasteiger partial charge in [-0.2, -0.15) is 0 Å². The molecule has 1 aliphatic heterocycles. The first kappa shape index (κ1) is 15.6. The van der Waals surface area contributed by atoms with Crippen LogP contribution in [0.5, 0.6) is 0 Å². The molecule has 1 aliphatic rings. The zero-order valence-corrected chi connectivity index (χ0v) is 11.4. The fraction of sp³-hybridized carbons (Fsp3) is 0.462. The molecule has 104 valence electrons. The van der Waals surface area contributed by atoms with Gasteiger partial charge in [-0.3, -0.25) is 14.9 Å². The number of rotatable bonds is 5. The van der Waals surface area contributed by atoms with E-state index in [1.807, 2.05) is 0 Å². The van der Waals surface area contributed by atoms with Crippen LogP contribution in [0.25, 0.3) is 0 Å². The van der Waals surface area contributed by atoms with Crippen LogP contribution in [0.15, 0.2) is 24.3 Å². The fourth-order valence-corrected chi connectivity index (χ4v) is 2.18. The Bertz CT molecular complexity index is 442. The first-order chi connectivity index (χ1) is 8.66. The average Bonchev–Trinajstić information content (AvgIpc) is 2.89. The highest BCUT2D eigenvalue weighted by Gasteiger charge is 2.14. The molecule has 1 fully saturated rings. The predicted octanol–water partition coefficient (Wildman–Crippen LogP) is 2.69. The molecule has 0 bridgehead atoms. The van der Waals surface area contributed by atoms with Gasteiger partial charge in [-0.05, 0) is 38.1 Å². The van der Waals surface area contributed by atoms with Gasteiger partial charge in [0.2, 0.25) is 0 Å². The maximum Gasteiger partial charge on any atom is 0.269 e. The standard InChI is InChI=1S/C13H16N2O3.ClH/c16-13(7-10-14-8-1-2-9-14)11-3-5-12(6-4-11)15(17)18;/h3-6H,1-2,7-10H2;1H. The van der Waals surface area contributed by atoms with E-state index in [2.05, 4.69) is 4.90 Å². The van der Waals surface area contributed by atoms with Crippen LogP contribution in [0.2, 0.25) is 0 Å². The molecule has 0 spiro atoms. The molecule has 1 heterocycles. The normalized spacial score (nSPS) is 14.9. The smallest absolute Gasteiger partial charge is 0.269 e. The lowest BCUT2D eigenvalue weighted by molar-refractivity contribution is -0.384. The number of nitro groups is 1. The van der Waals surface area contributed by atoms with Crippen molar-refractivity contribution in [3.63, 3.8) is 0 Å². The van der Waals surface area contributed by atoms with Gasteiger partial charge in [-0.25, -0.2) is 0 Å². The van der Waals surface area contributed by atoms with Crippen molar-refractivity contribution in [3.05, 3.63) is 39.9 Å². The summed E-state index contributed by atoms with van der Waals surface area (Å²) in [6.45, 7) is 2.94. The van der Waals surface area contributed by atoms with Crippen LogP contribution in [-0.4, -0.2) is 35.2 Å². The van der Waals surface area contributed by atoms with Gasteiger partial charge in [0.05, 0.1) is 4.92 Å². The van der Waals surface area contributed by atoms with Gasteiger partial charge in [0.1, 0.15) is 0 Å². The topological polar surface area (TPSA) is 63.5 Å². The molecular weight excluding hydrogens is 268 g/mol. The molecule has 5 nitrogen and oxygen atoms in total. The Kier molecular flexibility index (Phi) is 5.92. The lowest BCUT2D eigenvalue weighted by atomic mass is 10.1. The van der Waals surface area contributed by atoms with Crippen LogP contribution in [-0.2, 0) is 0 Å². The number of carbonyl (C=O) groups is 1. The number of hydrogen-bond donors (Lipinski definition) is 0. The van der Waals surface area contributed by atoms with Crippen molar-refractivity contribution in [2.24, 2.45) is 0 Å². The summed E-state index contributed by atoms with van der Waals surface area (Å²) in [4.78, 5) is 24.2. The predicted molar refractivity (Wildman–Crippen MR) is 75.0 cm³/mol. The second-order valence-corrected chi connectivity index (χ2v) is 4.53. The monoisotopic (exact) mass is 284 g/mol. The van der Waals surface area contributed by atoms with Gasteiger partial charge in [-0.1, -0.05) is 0 Å². The number of halogens is 1. The molecule has 0 N–H and O–H groups in total. The number of non-ortho nitro benzene ring substituents is 1. The molecule has 0 unspecified atom stereocenters. The number of likely N-dealkylation sites (tertiary alicyclic amines) is 1. The molecule has 0 amide bonds. The van der Waals surface area contributed by atoms with Crippen molar-refractivity contribution in [2.75, 3.05) is 19.6 Å². The molecule has 1 aromatic rings. The number of ketones is 1. The quantitative estimate of drug-likeness (QED) is 0.474. The lowest BCUT2D eigenvalue weighted by Gasteiger charge is -2.13. The summed E-state index contributed by atoms with van der Waals surface area (Å²) >= 11 is 0. The number of Topliss-reactive ketones (excluding diaryl/α,β-unsaturated/α-hetero) is 1. The van der Waals surface area contributed by atoms with E-state index < -0.39 is 4.92 Å². The van der Waals surface area contributed by atoms with Crippen molar-refractivity contribution >= 4 is 23.9 Å². The van der Waals surface area contributed by atoms with Crippen LogP contribution in [0.1, 0.15) is 29.6 Å². The molecule has 0 saturated carbocycles. The van der Waals surface area contributed by atoms with E-state index in [0.29, 0.717) is 12.0 Å². The summed E-state index contributed by atoms with van der Waals surface area (Å²) in [5.41, 5.74) is 0.575. The van der Waals surface area contributed by atoms with Gasteiger partial charge in [0, 0.05) is 30.7 Å². The first-order valence-corrected chi connectivity index (χ1v) is 6.17. The summed E-state index contributed by atoms with van der Waals surface area (Å²) in [5.74, 6) is 0.0526. The van der Waals surface area contributed by atoms with Crippen LogP contribution >= 0.6 is 12.4 Å². The Morgan fingerprint density at radius 3 is 2.32 bits per heavy atom. The number of hydrogen-bond acceptors (Lipinski definition) is 4. The van der Waals surface area contributed by atoms with E-state index >= 15 is 0 Å². The highest BCUT2D eigenvalue weighted by molar-refractivity contribution is 5.96. The Balaban J connectivity index is 0.00000180. The van der Waals surface area contributed by atoms with E-state index in [4.69, 9.17) is 0 Å². The third-order valence-electron chi connectivity index (χ3n) is 3.25.